The fraction of sp³-hybridized carbons (Fsp3) is 1.00. The van der Waals surface area contributed by atoms with Crippen LogP contribution in [0.5, 0.6) is 0 Å². The fourth-order valence-corrected chi connectivity index (χ4v) is 15.7. The second-order valence-corrected chi connectivity index (χ2v) is 25.8. The lowest BCUT2D eigenvalue weighted by Gasteiger charge is -2.28. The van der Waals surface area contributed by atoms with Crippen LogP contribution in [0.1, 0.15) is 356 Å². The predicted octanol–water partition coefficient (Wildman–Crippen LogP) is 23.2. The van der Waals surface area contributed by atoms with Crippen LogP contribution in [0.15, 0.2) is 0 Å². The highest BCUT2D eigenvalue weighted by Gasteiger charge is 2.35. The summed E-state index contributed by atoms with van der Waals surface area (Å²) >= 11 is 0. The van der Waals surface area contributed by atoms with Crippen LogP contribution in [0.25, 0.3) is 0 Å². The molecule has 61 heavy (non-hydrogen) atoms. The van der Waals surface area contributed by atoms with Crippen molar-refractivity contribution in [3.05, 3.63) is 0 Å². The van der Waals surface area contributed by atoms with E-state index in [1.54, 1.807) is 50.3 Å². The molecule has 0 aliphatic heterocycles. The van der Waals surface area contributed by atoms with Crippen molar-refractivity contribution >= 4 is 7.26 Å². The van der Waals surface area contributed by atoms with E-state index in [-0.39, 0.29) is 0 Å². The van der Waals surface area contributed by atoms with Crippen LogP contribution in [0.2, 0.25) is 0 Å². The van der Waals surface area contributed by atoms with Crippen molar-refractivity contribution in [2.45, 2.75) is 356 Å². The van der Waals surface area contributed by atoms with Crippen molar-refractivity contribution in [2.24, 2.45) is 5.92 Å². The zero-order valence-corrected chi connectivity index (χ0v) is 45.1. The van der Waals surface area contributed by atoms with Gasteiger partial charge in [0.1, 0.15) is 0 Å². The minimum atomic E-state index is -0.814. The zero-order valence-electron chi connectivity index (χ0n) is 44.2. The van der Waals surface area contributed by atoms with Gasteiger partial charge in [0.25, 0.3) is 0 Å². The van der Waals surface area contributed by atoms with Gasteiger partial charge in [-0.3, -0.25) is 0 Å². The lowest BCUT2D eigenvalue weighted by Crippen LogP contribution is -2.13. The second-order valence-electron chi connectivity index (χ2n) is 21.3. The van der Waals surface area contributed by atoms with E-state index in [4.69, 9.17) is 0 Å². The van der Waals surface area contributed by atoms with Crippen molar-refractivity contribution in [3.63, 3.8) is 0 Å². The number of rotatable bonds is 55. The Labute approximate surface area is 391 Å². The topological polar surface area (TPSA) is 0 Å². The molecule has 0 nitrogen and oxygen atoms in total. The molecule has 0 aliphatic rings. The Bertz CT molecular complexity index is 688. The summed E-state index contributed by atoms with van der Waals surface area (Å²) in [6.07, 6.45) is 81.2. The summed E-state index contributed by atoms with van der Waals surface area (Å²) < 4.78 is 0. The minimum absolute atomic E-state index is 0.814. The maximum atomic E-state index is 2.36. The molecule has 368 valence electrons. The molecule has 0 aromatic heterocycles. The Balaban J connectivity index is 4.94. The van der Waals surface area contributed by atoms with E-state index in [2.05, 4.69) is 34.6 Å². The smallest absolute Gasteiger partial charge is 0.0594 e. The standard InChI is InChI=1S/C60H124P/c1-6-11-16-21-26-32-39-46-53-60(54-47-40-33-27-22-17-12-7-2)55-48-41-34-31-38-45-52-59-61(56-49-42-35-28-23-18-13-8-3,57-50-43-36-29-24-19-14-9-4)58-51-44-37-30-25-20-15-10-5/h60H,6-59H2,1-5H3/q+1. The molecule has 0 aromatic carbocycles. The van der Waals surface area contributed by atoms with Crippen LogP contribution >= 0.6 is 7.26 Å². The van der Waals surface area contributed by atoms with Crippen molar-refractivity contribution in [2.75, 3.05) is 24.6 Å². The van der Waals surface area contributed by atoms with Crippen molar-refractivity contribution in [3.8, 4) is 0 Å². The summed E-state index contributed by atoms with van der Waals surface area (Å²) in [4.78, 5) is 0. The quantitative estimate of drug-likeness (QED) is 0.0422. The van der Waals surface area contributed by atoms with Gasteiger partial charge in [-0.05, 0) is 57.3 Å². The molecule has 0 aromatic rings. The van der Waals surface area contributed by atoms with E-state index in [1.807, 2.05) is 0 Å². The first-order chi connectivity index (χ1) is 30.2. The van der Waals surface area contributed by atoms with Crippen LogP contribution in [-0.4, -0.2) is 24.6 Å². The molecule has 0 N–H and O–H groups in total. The number of unbranched alkanes of at least 4 members (excludes halogenated alkanes) is 41. The molecular formula is C60H124P+. The average Bonchev–Trinajstić information content (AvgIpc) is 3.27. The third kappa shape index (κ3) is 46.8. The molecule has 0 saturated heterocycles. The van der Waals surface area contributed by atoms with Gasteiger partial charge in [0, 0.05) is 7.26 Å². The molecule has 0 atom stereocenters. The van der Waals surface area contributed by atoms with Crippen LogP contribution in [0.4, 0.5) is 0 Å². The summed E-state index contributed by atoms with van der Waals surface area (Å²) in [7, 11) is -0.814. The number of hydrogen-bond donors (Lipinski definition) is 0. The maximum Gasteiger partial charge on any atom is 0.0594 e. The molecule has 0 spiro atoms. The Morgan fingerprint density at radius 1 is 0.180 bits per heavy atom. The highest BCUT2D eigenvalue weighted by atomic mass is 31.2. The van der Waals surface area contributed by atoms with Gasteiger partial charge >= 0.3 is 0 Å². The minimum Gasteiger partial charge on any atom is -0.0654 e. The monoisotopic (exact) mass is 876 g/mol. The highest BCUT2D eigenvalue weighted by molar-refractivity contribution is 7.75. The Kier molecular flexibility index (Phi) is 53.4. The normalized spacial score (nSPS) is 12.1. The van der Waals surface area contributed by atoms with E-state index in [0.29, 0.717) is 0 Å². The molecule has 0 saturated carbocycles. The molecule has 0 rings (SSSR count). The molecular weight excluding hydrogens is 752 g/mol. The Morgan fingerprint density at radius 2 is 0.328 bits per heavy atom. The Morgan fingerprint density at radius 3 is 0.508 bits per heavy atom. The summed E-state index contributed by atoms with van der Waals surface area (Å²) in [5.41, 5.74) is 0. The summed E-state index contributed by atoms with van der Waals surface area (Å²) in [5, 5.41) is 0. The van der Waals surface area contributed by atoms with Crippen LogP contribution in [0, 0.1) is 5.92 Å². The van der Waals surface area contributed by atoms with Gasteiger partial charge in [0.05, 0.1) is 24.6 Å². The molecule has 0 bridgehead atoms. The van der Waals surface area contributed by atoms with E-state index >= 15 is 0 Å². The molecule has 0 unspecified atom stereocenters. The molecule has 1 heteroatoms. The third-order valence-corrected chi connectivity index (χ3v) is 20.2. The molecule has 0 aliphatic carbocycles. The van der Waals surface area contributed by atoms with Gasteiger partial charge in [0.15, 0.2) is 0 Å². The summed E-state index contributed by atoms with van der Waals surface area (Å²) in [5.74, 6) is 1.03. The van der Waals surface area contributed by atoms with Gasteiger partial charge in [-0.25, -0.2) is 0 Å². The predicted molar refractivity (Wildman–Crippen MR) is 289 cm³/mol. The van der Waals surface area contributed by atoms with Crippen LogP contribution in [0.3, 0.4) is 0 Å². The lowest BCUT2D eigenvalue weighted by molar-refractivity contribution is 0.365. The molecule has 0 radical (unpaired) electrons. The second kappa shape index (κ2) is 53.0. The first-order valence-electron chi connectivity index (χ1n) is 30.0. The average molecular weight is 877 g/mol. The van der Waals surface area contributed by atoms with E-state index in [9.17, 15) is 0 Å². The largest absolute Gasteiger partial charge is 0.0654 e. The zero-order chi connectivity index (χ0) is 44.3. The van der Waals surface area contributed by atoms with Gasteiger partial charge in [-0.2, -0.15) is 0 Å². The van der Waals surface area contributed by atoms with Gasteiger partial charge in [-0.15, -0.1) is 0 Å². The summed E-state index contributed by atoms with van der Waals surface area (Å²) in [6.45, 7) is 11.8. The van der Waals surface area contributed by atoms with Crippen molar-refractivity contribution < 1.29 is 0 Å². The SMILES string of the molecule is CCCCCCCCCCC(CCCCCCCCCC)CCCCCCCCC[P+](CCCCCCCCCC)(CCCCCCCCCC)CCCCCCCCCC. The highest BCUT2D eigenvalue weighted by Crippen LogP contribution is 2.61. The van der Waals surface area contributed by atoms with Crippen LogP contribution in [-0.2, 0) is 0 Å². The first kappa shape index (κ1) is 61.4. The van der Waals surface area contributed by atoms with Gasteiger partial charge < -0.3 is 0 Å². The van der Waals surface area contributed by atoms with E-state index in [0.717, 1.165) is 5.92 Å². The molecule has 0 amide bonds. The maximum absolute atomic E-state index is 2.36. The molecule has 0 heterocycles. The van der Waals surface area contributed by atoms with Gasteiger partial charge in [-0.1, -0.05) is 304 Å². The van der Waals surface area contributed by atoms with Crippen molar-refractivity contribution in [1.29, 1.82) is 0 Å². The van der Waals surface area contributed by atoms with Crippen molar-refractivity contribution in [1.82, 2.24) is 0 Å². The first-order valence-corrected chi connectivity index (χ1v) is 32.6. The third-order valence-electron chi connectivity index (χ3n) is 15.1. The van der Waals surface area contributed by atoms with E-state index in [1.165, 1.54) is 295 Å². The number of hydrogen-bond acceptors (Lipinski definition) is 0. The summed E-state index contributed by atoms with van der Waals surface area (Å²) in [6, 6.07) is 0. The Hall–Kier alpha value is 0.430. The fourth-order valence-electron chi connectivity index (χ4n) is 10.7. The lowest BCUT2D eigenvalue weighted by atomic mass is 9.89. The van der Waals surface area contributed by atoms with Gasteiger partial charge in [0.2, 0.25) is 0 Å². The van der Waals surface area contributed by atoms with Crippen LogP contribution < -0.4 is 0 Å². The molecule has 0 fully saturated rings. The van der Waals surface area contributed by atoms with E-state index < -0.39 is 7.26 Å².